The molecule has 2 aromatic heterocycles. The highest BCUT2D eigenvalue weighted by Crippen LogP contribution is 2.28. The normalized spacial score (nSPS) is 11.5. The first-order chi connectivity index (χ1) is 14.4. The third-order valence-electron chi connectivity index (χ3n) is 5.33. The van der Waals surface area contributed by atoms with Crippen LogP contribution in [0.3, 0.4) is 0 Å². The van der Waals surface area contributed by atoms with Crippen LogP contribution in [-0.4, -0.2) is 21.2 Å². The van der Waals surface area contributed by atoms with Gasteiger partial charge in [0.1, 0.15) is 5.60 Å². The Labute approximate surface area is 193 Å². The van der Waals surface area contributed by atoms with Crippen LogP contribution in [-0.2, 0) is 4.74 Å². The molecule has 0 fully saturated rings. The van der Waals surface area contributed by atoms with Crippen LogP contribution in [0.2, 0.25) is 10.0 Å². The lowest BCUT2D eigenvalue weighted by molar-refractivity contribution is 0.0541. The number of H-pyrrole nitrogens is 1. The van der Waals surface area contributed by atoms with Crippen LogP contribution in [0.25, 0.3) is 21.8 Å². The zero-order valence-corrected chi connectivity index (χ0v) is 20.5. The monoisotopic (exact) mass is 458 g/mol. The lowest BCUT2D eigenvalue weighted by Crippen LogP contribution is -2.27. The highest BCUT2D eigenvalue weighted by atomic mass is 35.5. The highest BCUT2D eigenvalue weighted by Gasteiger charge is 2.22. The first-order valence-electron chi connectivity index (χ1n) is 10.1. The van der Waals surface area contributed by atoms with Crippen LogP contribution in [0.15, 0.2) is 36.4 Å². The maximum absolute atomic E-state index is 12.3. The second-order valence-corrected chi connectivity index (χ2v) is 9.63. The number of hydrogen-bond donors (Lipinski definition) is 1. The lowest BCUT2D eigenvalue weighted by atomic mass is 10.2. The summed E-state index contributed by atoms with van der Waals surface area (Å²) in [5.41, 5.74) is 5.90. The summed E-state index contributed by atoms with van der Waals surface area (Å²) in [6.45, 7) is 13.6. The third-order valence-corrected chi connectivity index (χ3v) is 5.80. The van der Waals surface area contributed by atoms with Gasteiger partial charge in [-0.2, -0.15) is 0 Å². The van der Waals surface area contributed by atoms with Gasteiger partial charge in [-0.05, 0) is 96.0 Å². The zero-order valence-electron chi connectivity index (χ0n) is 19.0. The molecule has 0 bridgehead atoms. The van der Waals surface area contributed by atoms with Gasteiger partial charge in [0.25, 0.3) is 0 Å². The van der Waals surface area contributed by atoms with Crippen molar-refractivity contribution in [2.45, 2.75) is 54.1 Å². The maximum atomic E-state index is 12.3. The number of halogens is 2. The summed E-state index contributed by atoms with van der Waals surface area (Å²) in [6.07, 6.45) is -0.356. The van der Waals surface area contributed by atoms with Crippen molar-refractivity contribution in [3.63, 3.8) is 0 Å². The fourth-order valence-electron chi connectivity index (χ4n) is 3.52. The number of hydrogen-bond acceptors (Lipinski definition) is 2. The Morgan fingerprint density at radius 1 is 0.903 bits per heavy atom. The van der Waals surface area contributed by atoms with Crippen molar-refractivity contribution in [1.82, 2.24) is 9.55 Å². The number of rotatable bonds is 0. The zero-order chi connectivity index (χ0) is 23.1. The molecule has 6 heteroatoms. The molecule has 0 amide bonds. The van der Waals surface area contributed by atoms with Crippen LogP contribution >= 0.6 is 23.2 Å². The summed E-state index contributed by atoms with van der Waals surface area (Å²) in [4.78, 5) is 15.6. The summed E-state index contributed by atoms with van der Waals surface area (Å²) >= 11 is 11.9. The Hall–Kier alpha value is -2.43. The fourth-order valence-corrected chi connectivity index (χ4v) is 3.87. The molecule has 0 unspecified atom stereocenters. The molecule has 0 atom stereocenters. The first kappa shape index (κ1) is 23.2. The molecule has 1 N–H and O–H groups in total. The number of nitrogens with one attached hydrogen (secondary N) is 1. The van der Waals surface area contributed by atoms with E-state index in [2.05, 4.69) is 18.8 Å². The number of fused-ring (bicyclic) bond motifs is 2. The lowest BCUT2D eigenvalue weighted by Gasteiger charge is -2.20. The molecule has 4 aromatic rings. The van der Waals surface area contributed by atoms with E-state index in [-0.39, 0.29) is 6.09 Å². The highest BCUT2D eigenvalue weighted by molar-refractivity contribution is 6.31. The molecule has 0 radical (unpaired) electrons. The van der Waals surface area contributed by atoms with Crippen LogP contribution in [0, 0.1) is 27.7 Å². The largest absolute Gasteiger partial charge is 0.443 e. The Morgan fingerprint density at radius 3 is 2.10 bits per heavy atom. The average molecular weight is 459 g/mol. The quantitative estimate of drug-likeness (QED) is 0.289. The van der Waals surface area contributed by atoms with E-state index in [1.165, 1.54) is 16.6 Å². The minimum absolute atomic E-state index is 0.356. The summed E-state index contributed by atoms with van der Waals surface area (Å²) in [7, 11) is 0. The molecule has 0 spiro atoms. The number of carbonyl (C=O) groups excluding carboxylic acids is 1. The van der Waals surface area contributed by atoms with Gasteiger partial charge in [-0.3, -0.25) is 0 Å². The van der Waals surface area contributed by atoms with Crippen molar-refractivity contribution in [1.29, 1.82) is 0 Å². The first-order valence-corrected chi connectivity index (χ1v) is 10.9. The van der Waals surface area contributed by atoms with Crippen molar-refractivity contribution in [3.8, 4) is 0 Å². The van der Waals surface area contributed by atoms with Gasteiger partial charge in [-0.25, -0.2) is 9.36 Å². The topological polar surface area (TPSA) is 47.0 Å². The second kappa shape index (κ2) is 8.60. The summed E-state index contributed by atoms with van der Waals surface area (Å²) in [5.74, 6) is 0. The van der Waals surface area contributed by atoms with E-state index in [1.54, 1.807) is 10.6 Å². The Balaban J connectivity index is 0.000000194. The molecule has 0 saturated carbocycles. The summed E-state index contributed by atoms with van der Waals surface area (Å²) in [6, 6.07) is 11.4. The molecule has 0 saturated heterocycles. The van der Waals surface area contributed by atoms with Gasteiger partial charge in [0.15, 0.2) is 0 Å². The van der Waals surface area contributed by atoms with Gasteiger partial charge >= 0.3 is 6.09 Å². The Morgan fingerprint density at radius 2 is 1.48 bits per heavy atom. The number of aromatic amines is 1. The van der Waals surface area contributed by atoms with Crippen LogP contribution in [0.1, 0.15) is 43.3 Å². The minimum Gasteiger partial charge on any atom is -0.443 e. The van der Waals surface area contributed by atoms with Gasteiger partial charge < -0.3 is 9.72 Å². The van der Waals surface area contributed by atoms with Gasteiger partial charge in [0, 0.05) is 37.7 Å². The SMILES string of the molecule is Cc1[nH]c2ccc(Cl)cc2c1C.Cc1c(C)n(C(=O)OC(C)(C)C)c2ccc(Cl)cc12. The molecule has 31 heavy (non-hydrogen) atoms. The van der Waals surface area contributed by atoms with E-state index in [4.69, 9.17) is 27.9 Å². The van der Waals surface area contributed by atoms with Crippen molar-refractivity contribution in [2.24, 2.45) is 0 Å². The number of aryl methyl sites for hydroxylation is 3. The van der Waals surface area contributed by atoms with Gasteiger partial charge in [0.05, 0.1) is 5.52 Å². The van der Waals surface area contributed by atoms with E-state index < -0.39 is 5.60 Å². The molecule has 0 aliphatic rings. The molecule has 0 aliphatic heterocycles. The minimum atomic E-state index is -0.513. The van der Waals surface area contributed by atoms with Crippen molar-refractivity contribution >= 4 is 51.1 Å². The van der Waals surface area contributed by atoms with Gasteiger partial charge in [-0.1, -0.05) is 23.2 Å². The average Bonchev–Trinajstić information content (AvgIpc) is 3.08. The predicted molar refractivity (Wildman–Crippen MR) is 131 cm³/mol. The molecular formula is C25H28Cl2N2O2. The fraction of sp³-hybridized carbons (Fsp3) is 0.320. The number of ether oxygens (including phenoxy) is 1. The summed E-state index contributed by atoms with van der Waals surface area (Å²) in [5, 5.41) is 3.66. The van der Waals surface area contributed by atoms with E-state index in [0.717, 1.165) is 32.7 Å². The second-order valence-electron chi connectivity index (χ2n) is 8.75. The number of nitrogens with zero attached hydrogens (tertiary/aromatic N) is 1. The Kier molecular flexibility index (Phi) is 6.45. The number of aromatic nitrogens is 2. The standard InChI is InChI=1S/C15H18ClNO2.C10H10ClN/c1-9-10(2)17(14(18)19-15(3,4)5)13-7-6-11(16)8-12(9)13;1-6-7(2)12-10-4-3-8(11)5-9(6)10/h6-8H,1-5H3;3-5,12H,1-2H3. The maximum Gasteiger partial charge on any atom is 0.419 e. The number of benzene rings is 2. The molecule has 2 aromatic carbocycles. The van der Waals surface area contributed by atoms with E-state index >= 15 is 0 Å². The smallest absolute Gasteiger partial charge is 0.419 e. The van der Waals surface area contributed by atoms with Gasteiger partial charge in [0.2, 0.25) is 0 Å². The molecule has 2 heterocycles. The van der Waals surface area contributed by atoms with E-state index in [9.17, 15) is 4.79 Å². The molecule has 4 nitrogen and oxygen atoms in total. The molecular weight excluding hydrogens is 431 g/mol. The molecule has 0 aliphatic carbocycles. The van der Waals surface area contributed by atoms with Crippen molar-refractivity contribution in [3.05, 3.63) is 69.0 Å². The predicted octanol–water partition coefficient (Wildman–Crippen LogP) is 8.13. The summed E-state index contributed by atoms with van der Waals surface area (Å²) < 4.78 is 7.05. The van der Waals surface area contributed by atoms with Crippen LogP contribution in [0.4, 0.5) is 4.79 Å². The third kappa shape index (κ3) is 4.91. The van der Waals surface area contributed by atoms with Gasteiger partial charge in [-0.15, -0.1) is 0 Å². The number of carbonyl (C=O) groups is 1. The molecule has 4 rings (SSSR count). The van der Waals surface area contributed by atoms with Crippen LogP contribution < -0.4 is 0 Å². The van der Waals surface area contributed by atoms with Crippen molar-refractivity contribution < 1.29 is 9.53 Å². The van der Waals surface area contributed by atoms with E-state index in [1.807, 2.05) is 65.0 Å². The Bertz CT molecular complexity index is 1280. The van der Waals surface area contributed by atoms with Crippen molar-refractivity contribution in [2.75, 3.05) is 0 Å². The van der Waals surface area contributed by atoms with E-state index in [0.29, 0.717) is 5.02 Å². The molecule has 164 valence electrons. The van der Waals surface area contributed by atoms with Crippen LogP contribution in [0.5, 0.6) is 0 Å².